The molecule has 20 heavy (non-hydrogen) atoms. The molecule has 0 radical (unpaired) electrons. The third-order valence-corrected chi connectivity index (χ3v) is 4.46. The molecule has 2 heteroatoms. The lowest BCUT2D eigenvalue weighted by Crippen LogP contribution is -2.47. The Morgan fingerprint density at radius 1 is 1.20 bits per heavy atom. The van der Waals surface area contributed by atoms with Gasteiger partial charge in [0.2, 0.25) is 0 Å². The zero-order chi connectivity index (χ0) is 14.8. The molecule has 1 aliphatic rings. The minimum atomic E-state index is 0.138. The zero-order valence-electron chi connectivity index (χ0n) is 13.6. The summed E-state index contributed by atoms with van der Waals surface area (Å²) in [6.07, 6.45) is 5.06. The van der Waals surface area contributed by atoms with Gasteiger partial charge in [0.05, 0.1) is 6.10 Å². The van der Waals surface area contributed by atoms with Crippen molar-refractivity contribution in [3.05, 3.63) is 34.9 Å². The number of hydrogen-bond acceptors (Lipinski definition) is 2. The summed E-state index contributed by atoms with van der Waals surface area (Å²) in [6.45, 7) is 6.73. The first-order chi connectivity index (χ1) is 9.45. The van der Waals surface area contributed by atoms with E-state index in [1.54, 1.807) is 11.1 Å². The second kappa shape index (κ2) is 6.28. The molecule has 0 spiro atoms. The van der Waals surface area contributed by atoms with E-state index in [4.69, 9.17) is 4.74 Å². The monoisotopic (exact) mass is 275 g/mol. The molecule has 1 aliphatic carbocycles. The maximum Gasteiger partial charge on any atom is 0.0775 e. The molecule has 0 saturated heterocycles. The van der Waals surface area contributed by atoms with Crippen LogP contribution in [0.15, 0.2) is 18.2 Å². The van der Waals surface area contributed by atoms with Crippen molar-refractivity contribution in [3.63, 3.8) is 0 Å². The third kappa shape index (κ3) is 3.42. The summed E-state index contributed by atoms with van der Waals surface area (Å²) in [4.78, 5) is 0. The lowest BCUT2D eigenvalue weighted by Gasteiger charge is -2.36. The second-order valence-corrected chi connectivity index (χ2v) is 7.08. The van der Waals surface area contributed by atoms with Crippen molar-refractivity contribution in [3.8, 4) is 0 Å². The van der Waals surface area contributed by atoms with E-state index >= 15 is 0 Å². The van der Waals surface area contributed by atoms with Gasteiger partial charge in [0.1, 0.15) is 0 Å². The number of benzene rings is 1. The van der Waals surface area contributed by atoms with E-state index in [2.05, 4.69) is 44.3 Å². The first-order valence-electron chi connectivity index (χ1n) is 7.76. The van der Waals surface area contributed by atoms with Crippen molar-refractivity contribution in [2.75, 3.05) is 14.2 Å². The van der Waals surface area contributed by atoms with Crippen LogP contribution in [0.2, 0.25) is 0 Å². The molecule has 0 amide bonds. The van der Waals surface area contributed by atoms with Crippen LogP contribution in [0.1, 0.15) is 43.9 Å². The van der Waals surface area contributed by atoms with Gasteiger partial charge in [-0.15, -0.1) is 0 Å². The van der Waals surface area contributed by atoms with Crippen molar-refractivity contribution in [1.82, 2.24) is 5.32 Å². The van der Waals surface area contributed by atoms with Gasteiger partial charge in [-0.05, 0) is 54.8 Å². The van der Waals surface area contributed by atoms with Gasteiger partial charge < -0.3 is 10.1 Å². The van der Waals surface area contributed by atoms with Gasteiger partial charge in [-0.2, -0.15) is 0 Å². The Bertz CT molecular complexity index is 447. The molecule has 0 fully saturated rings. The smallest absolute Gasteiger partial charge is 0.0775 e. The highest BCUT2D eigenvalue weighted by atomic mass is 16.5. The van der Waals surface area contributed by atoms with Crippen molar-refractivity contribution < 1.29 is 4.74 Å². The molecule has 0 bridgehead atoms. The molecular weight excluding hydrogens is 246 g/mol. The summed E-state index contributed by atoms with van der Waals surface area (Å²) in [5, 5.41) is 3.45. The lowest BCUT2D eigenvalue weighted by molar-refractivity contribution is -0.00921. The Balaban J connectivity index is 2.13. The quantitative estimate of drug-likeness (QED) is 0.889. The average molecular weight is 275 g/mol. The van der Waals surface area contributed by atoms with Crippen LogP contribution in [-0.2, 0) is 24.0 Å². The molecule has 2 nitrogen and oxygen atoms in total. The van der Waals surface area contributed by atoms with Crippen molar-refractivity contribution >= 4 is 0 Å². The Kier molecular flexibility index (Phi) is 4.87. The number of fused-ring (bicyclic) bond motifs is 1. The highest BCUT2D eigenvalue weighted by Gasteiger charge is 2.31. The van der Waals surface area contributed by atoms with E-state index in [1.165, 1.54) is 24.8 Å². The number of rotatable bonds is 5. The summed E-state index contributed by atoms with van der Waals surface area (Å²) in [5.41, 5.74) is 4.67. The van der Waals surface area contributed by atoms with Crippen LogP contribution < -0.4 is 5.32 Å². The first-order valence-corrected chi connectivity index (χ1v) is 7.76. The van der Waals surface area contributed by atoms with Crippen molar-refractivity contribution in [2.24, 2.45) is 5.41 Å². The molecule has 112 valence electrons. The lowest BCUT2D eigenvalue weighted by atomic mass is 9.82. The summed E-state index contributed by atoms with van der Waals surface area (Å²) < 4.78 is 5.77. The molecule has 1 aromatic carbocycles. The predicted octanol–water partition coefficient (Wildman–Crippen LogP) is 3.37. The number of nitrogens with one attached hydrogen (secondary N) is 1. The topological polar surface area (TPSA) is 21.3 Å². The van der Waals surface area contributed by atoms with Crippen LogP contribution in [0.25, 0.3) is 0 Å². The fraction of sp³-hybridized carbons (Fsp3) is 0.667. The third-order valence-electron chi connectivity index (χ3n) is 4.46. The van der Waals surface area contributed by atoms with Crippen LogP contribution >= 0.6 is 0 Å². The Morgan fingerprint density at radius 2 is 1.90 bits per heavy atom. The van der Waals surface area contributed by atoms with E-state index in [0.29, 0.717) is 6.04 Å². The van der Waals surface area contributed by atoms with Crippen LogP contribution in [0.5, 0.6) is 0 Å². The fourth-order valence-electron chi connectivity index (χ4n) is 3.49. The normalized spacial score (nSPS) is 17.9. The molecule has 2 unspecified atom stereocenters. The van der Waals surface area contributed by atoms with Crippen LogP contribution in [0.4, 0.5) is 0 Å². The van der Waals surface area contributed by atoms with Crippen molar-refractivity contribution in [2.45, 2.75) is 58.6 Å². The number of aryl methyl sites for hydroxylation is 2. The number of likely N-dealkylation sites (N-methyl/N-ethyl adjacent to an activating group) is 1. The number of methoxy groups -OCH3 is 1. The van der Waals surface area contributed by atoms with E-state index in [9.17, 15) is 0 Å². The maximum atomic E-state index is 5.77. The van der Waals surface area contributed by atoms with E-state index in [-0.39, 0.29) is 11.5 Å². The van der Waals surface area contributed by atoms with Gasteiger partial charge >= 0.3 is 0 Å². The molecule has 2 rings (SSSR count). The minimum absolute atomic E-state index is 0.138. The molecule has 0 saturated carbocycles. The molecular formula is C18H29NO. The zero-order valence-corrected chi connectivity index (χ0v) is 13.6. The summed E-state index contributed by atoms with van der Waals surface area (Å²) in [6, 6.07) is 7.37. The molecule has 2 atom stereocenters. The highest BCUT2D eigenvalue weighted by Crippen LogP contribution is 2.28. The molecule has 1 N–H and O–H groups in total. The van der Waals surface area contributed by atoms with Gasteiger partial charge in [-0.25, -0.2) is 0 Å². The largest absolute Gasteiger partial charge is 0.379 e. The Hall–Kier alpha value is -0.860. The van der Waals surface area contributed by atoms with Crippen LogP contribution in [0, 0.1) is 5.41 Å². The number of ether oxygens (including phenoxy) is 1. The molecule has 0 aliphatic heterocycles. The van der Waals surface area contributed by atoms with Gasteiger partial charge in [0.15, 0.2) is 0 Å². The summed E-state index contributed by atoms with van der Waals surface area (Å²) in [5.74, 6) is 0. The average Bonchev–Trinajstić information content (AvgIpc) is 2.84. The van der Waals surface area contributed by atoms with E-state index < -0.39 is 0 Å². The van der Waals surface area contributed by atoms with Gasteiger partial charge in [-0.1, -0.05) is 39.0 Å². The molecule has 0 aromatic heterocycles. The summed E-state index contributed by atoms with van der Waals surface area (Å²) in [7, 11) is 3.86. The predicted molar refractivity (Wildman–Crippen MR) is 85.3 cm³/mol. The SMILES string of the molecule is CNC(Cc1ccc2c(c1)CCC2)C(OC)C(C)(C)C. The Morgan fingerprint density at radius 3 is 2.50 bits per heavy atom. The standard InChI is InChI=1S/C18H29NO/c1-18(2,3)17(20-5)16(19-4)12-13-9-10-14-7-6-8-15(14)11-13/h9-11,16-17,19H,6-8,12H2,1-5H3. The first kappa shape index (κ1) is 15.5. The molecule has 1 aromatic rings. The van der Waals surface area contributed by atoms with Crippen LogP contribution in [-0.4, -0.2) is 26.3 Å². The minimum Gasteiger partial charge on any atom is -0.379 e. The number of hydrogen-bond donors (Lipinski definition) is 1. The maximum absolute atomic E-state index is 5.77. The van der Waals surface area contributed by atoms with E-state index in [0.717, 1.165) is 6.42 Å². The van der Waals surface area contributed by atoms with Gasteiger partial charge in [0, 0.05) is 13.2 Å². The Labute approximate surface area is 123 Å². The summed E-state index contributed by atoms with van der Waals surface area (Å²) >= 11 is 0. The fourth-order valence-corrected chi connectivity index (χ4v) is 3.49. The van der Waals surface area contributed by atoms with Gasteiger partial charge in [0.25, 0.3) is 0 Å². The van der Waals surface area contributed by atoms with E-state index in [1.807, 2.05) is 14.2 Å². The van der Waals surface area contributed by atoms with Crippen molar-refractivity contribution in [1.29, 1.82) is 0 Å². The highest BCUT2D eigenvalue weighted by molar-refractivity contribution is 5.35. The van der Waals surface area contributed by atoms with Gasteiger partial charge in [-0.3, -0.25) is 0 Å². The molecule has 0 heterocycles. The van der Waals surface area contributed by atoms with Crippen LogP contribution in [0.3, 0.4) is 0 Å². The second-order valence-electron chi connectivity index (χ2n) is 7.08.